The summed E-state index contributed by atoms with van der Waals surface area (Å²) in [6, 6.07) is 4.69. The van der Waals surface area contributed by atoms with Gasteiger partial charge >= 0.3 is 0 Å². The van der Waals surface area contributed by atoms with Gasteiger partial charge in [-0.25, -0.2) is 0 Å². The maximum atomic E-state index is 9.22. The molecule has 1 atom stereocenters. The number of nitrogens with zero attached hydrogens (tertiary/aromatic N) is 2. The first-order valence-corrected chi connectivity index (χ1v) is 5.95. The molecule has 0 saturated heterocycles. The second-order valence-electron chi connectivity index (χ2n) is 5.99. The molecule has 1 unspecified atom stereocenters. The van der Waals surface area contributed by atoms with Crippen LogP contribution in [-0.4, -0.2) is 0 Å². The molecule has 0 aromatic rings. The Hall–Kier alpha value is -1.54. The van der Waals surface area contributed by atoms with Crippen molar-refractivity contribution in [2.24, 2.45) is 16.7 Å². The lowest BCUT2D eigenvalue weighted by Crippen LogP contribution is -2.25. The summed E-state index contributed by atoms with van der Waals surface area (Å²) in [5.74, 6) is 0.195. The van der Waals surface area contributed by atoms with Crippen LogP contribution >= 0.6 is 0 Å². The topological polar surface area (TPSA) is 47.6 Å². The Kier molecular flexibility index (Phi) is 3.48. The van der Waals surface area contributed by atoms with E-state index < -0.39 is 5.41 Å². The molecule has 17 heavy (non-hydrogen) atoms. The van der Waals surface area contributed by atoms with E-state index in [4.69, 9.17) is 0 Å². The van der Waals surface area contributed by atoms with Gasteiger partial charge in [-0.05, 0) is 52.5 Å². The van der Waals surface area contributed by atoms with Crippen LogP contribution in [0.2, 0.25) is 0 Å². The Morgan fingerprint density at radius 3 is 2.24 bits per heavy atom. The normalized spacial score (nSPS) is 21.0. The summed E-state index contributed by atoms with van der Waals surface area (Å²) in [6.07, 6.45) is 5.11. The molecule has 1 rings (SSSR count). The van der Waals surface area contributed by atoms with Crippen LogP contribution in [0.3, 0.4) is 0 Å². The molecule has 2 heteroatoms. The van der Waals surface area contributed by atoms with Crippen molar-refractivity contribution in [2.75, 3.05) is 0 Å². The quantitative estimate of drug-likeness (QED) is 0.717. The molecule has 0 spiro atoms. The van der Waals surface area contributed by atoms with Gasteiger partial charge in [0.1, 0.15) is 0 Å². The van der Waals surface area contributed by atoms with E-state index in [0.717, 1.165) is 12.0 Å². The molecule has 0 bridgehead atoms. The molecule has 0 saturated carbocycles. The molecule has 0 heterocycles. The van der Waals surface area contributed by atoms with Gasteiger partial charge in [0.2, 0.25) is 0 Å². The maximum Gasteiger partial charge on any atom is 0.0763 e. The van der Waals surface area contributed by atoms with Crippen molar-refractivity contribution < 1.29 is 0 Å². The minimum absolute atomic E-state index is 0.195. The van der Waals surface area contributed by atoms with E-state index in [0.29, 0.717) is 0 Å². The molecular formula is C15H20N2. The molecule has 1 aliphatic rings. The third kappa shape index (κ3) is 2.77. The van der Waals surface area contributed by atoms with Crippen LogP contribution in [0.15, 0.2) is 23.3 Å². The summed E-state index contributed by atoms with van der Waals surface area (Å²) < 4.78 is 0. The third-order valence-electron chi connectivity index (χ3n) is 3.54. The van der Waals surface area contributed by atoms with Gasteiger partial charge < -0.3 is 0 Å². The van der Waals surface area contributed by atoms with E-state index in [2.05, 4.69) is 31.2 Å². The highest BCUT2D eigenvalue weighted by atomic mass is 14.4. The summed E-state index contributed by atoms with van der Waals surface area (Å²) in [5.41, 5.74) is 1.42. The van der Waals surface area contributed by atoms with Crippen LogP contribution < -0.4 is 0 Å². The summed E-state index contributed by atoms with van der Waals surface area (Å²) in [6.45, 7) is 9.84. The second-order valence-corrected chi connectivity index (χ2v) is 5.99. The average Bonchev–Trinajstić information content (AvgIpc) is 2.28. The Balaban J connectivity index is 3.17. The smallest absolute Gasteiger partial charge is 0.0763 e. The van der Waals surface area contributed by atoms with Crippen LogP contribution in [0.1, 0.15) is 41.0 Å². The number of hydrogen-bond acceptors (Lipinski definition) is 2. The maximum absolute atomic E-state index is 9.22. The second kappa shape index (κ2) is 4.38. The van der Waals surface area contributed by atoms with Crippen LogP contribution in [0.4, 0.5) is 0 Å². The molecule has 0 amide bonds. The fraction of sp³-hybridized carbons (Fsp3) is 0.600. The van der Waals surface area contributed by atoms with Gasteiger partial charge in [0.05, 0.1) is 23.0 Å². The Morgan fingerprint density at radius 2 is 1.76 bits per heavy atom. The number of hydrogen-bond donors (Lipinski definition) is 0. The standard InChI is InChI=1S/C15H20N2/c1-11-6-12(14(2,3)9-16)8-13(7-11)15(4,5)10-17/h6,8,13H,7H2,1-5H3. The third-order valence-corrected chi connectivity index (χ3v) is 3.54. The van der Waals surface area contributed by atoms with Crippen LogP contribution in [0.25, 0.3) is 0 Å². The van der Waals surface area contributed by atoms with E-state index in [9.17, 15) is 10.5 Å². The zero-order chi connectivity index (χ0) is 13.3. The first kappa shape index (κ1) is 13.5. The number of allylic oxidation sites excluding steroid dienone is 4. The monoisotopic (exact) mass is 228 g/mol. The number of nitriles is 2. The predicted molar refractivity (Wildman–Crippen MR) is 68.7 cm³/mol. The van der Waals surface area contributed by atoms with Gasteiger partial charge in [-0.1, -0.05) is 17.7 Å². The van der Waals surface area contributed by atoms with Gasteiger partial charge in [-0.2, -0.15) is 10.5 Å². The first-order chi connectivity index (χ1) is 7.73. The summed E-state index contributed by atoms with van der Waals surface area (Å²) in [7, 11) is 0. The van der Waals surface area contributed by atoms with Gasteiger partial charge in [0.25, 0.3) is 0 Å². The van der Waals surface area contributed by atoms with E-state index >= 15 is 0 Å². The molecule has 0 aromatic heterocycles. The Bertz CT molecular complexity index is 450. The molecule has 0 N–H and O–H groups in total. The van der Waals surface area contributed by atoms with Gasteiger partial charge in [-0.15, -0.1) is 0 Å². The van der Waals surface area contributed by atoms with E-state index in [-0.39, 0.29) is 11.3 Å². The van der Waals surface area contributed by atoms with Crippen molar-refractivity contribution in [1.29, 1.82) is 10.5 Å². The lowest BCUT2D eigenvalue weighted by atomic mass is 9.70. The molecule has 2 nitrogen and oxygen atoms in total. The summed E-state index contributed by atoms with van der Waals surface area (Å²) in [4.78, 5) is 0. The van der Waals surface area contributed by atoms with Crippen LogP contribution in [0, 0.1) is 39.4 Å². The molecule has 90 valence electrons. The minimum atomic E-state index is -0.481. The highest BCUT2D eigenvalue weighted by Gasteiger charge is 2.33. The van der Waals surface area contributed by atoms with Crippen molar-refractivity contribution in [3.63, 3.8) is 0 Å². The minimum Gasteiger partial charge on any atom is -0.198 e. The van der Waals surface area contributed by atoms with E-state index in [1.807, 2.05) is 27.7 Å². The number of rotatable bonds is 2. The van der Waals surface area contributed by atoms with Crippen LogP contribution in [0.5, 0.6) is 0 Å². The molecule has 1 aliphatic carbocycles. The van der Waals surface area contributed by atoms with Gasteiger partial charge in [0.15, 0.2) is 0 Å². The van der Waals surface area contributed by atoms with Gasteiger partial charge in [-0.3, -0.25) is 0 Å². The molecule has 0 aromatic carbocycles. The van der Waals surface area contributed by atoms with Crippen molar-refractivity contribution in [1.82, 2.24) is 0 Å². The van der Waals surface area contributed by atoms with Crippen molar-refractivity contribution in [3.05, 3.63) is 23.3 Å². The highest BCUT2D eigenvalue weighted by Crippen LogP contribution is 2.40. The molecule has 0 aliphatic heterocycles. The van der Waals surface area contributed by atoms with Gasteiger partial charge in [0, 0.05) is 0 Å². The lowest BCUT2D eigenvalue weighted by Gasteiger charge is -2.32. The fourth-order valence-electron chi connectivity index (χ4n) is 1.99. The average molecular weight is 228 g/mol. The zero-order valence-corrected chi connectivity index (χ0v) is 11.3. The largest absolute Gasteiger partial charge is 0.198 e. The predicted octanol–water partition coefficient (Wildman–Crippen LogP) is 3.98. The summed E-state index contributed by atoms with van der Waals surface area (Å²) >= 11 is 0. The zero-order valence-electron chi connectivity index (χ0n) is 11.3. The summed E-state index contributed by atoms with van der Waals surface area (Å²) in [5, 5.41) is 18.4. The molecule has 0 radical (unpaired) electrons. The fourth-order valence-corrected chi connectivity index (χ4v) is 1.99. The van der Waals surface area contributed by atoms with Crippen LogP contribution in [-0.2, 0) is 0 Å². The van der Waals surface area contributed by atoms with Crippen molar-refractivity contribution in [2.45, 2.75) is 41.0 Å². The van der Waals surface area contributed by atoms with E-state index in [1.54, 1.807) is 0 Å². The molecular weight excluding hydrogens is 208 g/mol. The highest BCUT2D eigenvalue weighted by molar-refractivity contribution is 5.38. The van der Waals surface area contributed by atoms with E-state index in [1.165, 1.54) is 5.57 Å². The lowest BCUT2D eigenvalue weighted by molar-refractivity contribution is 0.344. The van der Waals surface area contributed by atoms with Crippen molar-refractivity contribution in [3.8, 4) is 12.1 Å². The Morgan fingerprint density at radius 1 is 1.18 bits per heavy atom. The molecule has 0 fully saturated rings. The SMILES string of the molecule is CC1=CC(C(C)(C)C#N)=CC(C(C)(C)C#N)C1. The Labute approximate surface area is 104 Å². The van der Waals surface area contributed by atoms with Crippen molar-refractivity contribution >= 4 is 0 Å². The first-order valence-electron chi connectivity index (χ1n) is 5.95.